The average molecular weight is 449 g/mol. The number of fused-ring (bicyclic) bond motifs is 2. The third kappa shape index (κ3) is 3.92. The molecule has 0 aliphatic carbocycles. The van der Waals surface area contributed by atoms with Crippen LogP contribution in [0.15, 0.2) is 89.8 Å². The molecule has 34 heavy (non-hydrogen) atoms. The minimum atomic E-state index is -0.229. The van der Waals surface area contributed by atoms with Crippen molar-refractivity contribution in [2.45, 2.75) is 13.8 Å². The minimum absolute atomic E-state index is 0.229. The maximum Gasteiger partial charge on any atom is 0.248 e. The fourth-order valence-corrected chi connectivity index (χ4v) is 4.34. The Hall–Kier alpha value is -4.38. The van der Waals surface area contributed by atoms with Gasteiger partial charge in [0, 0.05) is 34.3 Å². The van der Waals surface area contributed by atoms with Crippen LogP contribution in [-0.2, 0) is 4.79 Å². The number of anilines is 1. The predicted molar refractivity (Wildman–Crippen MR) is 137 cm³/mol. The van der Waals surface area contributed by atoms with Crippen molar-refractivity contribution in [3.05, 3.63) is 96.5 Å². The van der Waals surface area contributed by atoms with Crippen LogP contribution in [-0.4, -0.2) is 18.0 Å². The molecular formula is C29H24N2O3. The van der Waals surface area contributed by atoms with Crippen molar-refractivity contribution in [2.24, 2.45) is 0 Å². The van der Waals surface area contributed by atoms with E-state index in [-0.39, 0.29) is 5.91 Å². The number of hydrogen-bond acceptors (Lipinski definition) is 4. The fraction of sp³-hybridized carbons (Fsp3) is 0.103. The molecule has 1 amide bonds. The van der Waals surface area contributed by atoms with E-state index in [1.807, 2.05) is 32.0 Å². The molecule has 5 heteroatoms. The monoisotopic (exact) mass is 448 g/mol. The average Bonchev–Trinajstić information content (AvgIpc) is 3.28. The first-order chi connectivity index (χ1) is 16.5. The molecule has 168 valence electrons. The van der Waals surface area contributed by atoms with E-state index in [0.29, 0.717) is 11.4 Å². The molecule has 3 aromatic carbocycles. The zero-order valence-electron chi connectivity index (χ0n) is 19.3. The summed E-state index contributed by atoms with van der Waals surface area (Å²) in [6.07, 6.45) is 6.64. The number of aryl methyl sites for hydroxylation is 1. The van der Waals surface area contributed by atoms with Crippen LogP contribution in [0, 0.1) is 6.92 Å². The van der Waals surface area contributed by atoms with Gasteiger partial charge in [-0.2, -0.15) is 0 Å². The molecule has 0 radical (unpaired) electrons. The Balaban J connectivity index is 1.59. The quantitative estimate of drug-likeness (QED) is 0.294. The second kappa shape index (κ2) is 8.87. The summed E-state index contributed by atoms with van der Waals surface area (Å²) in [6, 6.07) is 20.3. The molecule has 5 aromatic rings. The smallest absolute Gasteiger partial charge is 0.248 e. The Kier molecular flexibility index (Phi) is 5.60. The number of allylic oxidation sites excluding steroid dienone is 1. The number of nitrogens with zero attached hydrogens (tertiary/aromatic N) is 1. The number of benzene rings is 3. The van der Waals surface area contributed by atoms with Gasteiger partial charge in [-0.05, 0) is 60.0 Å². The molecule has 2 aromatic heterocycles. The Morgan fingerprint density at radius 3 is 2.65 bits per heavy atom. The predicted octanol–water partition coefficient (Wildman–Crippen LogP) is 7.01. The number of ether oxygens (including phenoxy) is 1. The van der Waals surface area contributed by atoms with Crippen LogP contribution in [0.3, 0.4) is 0 Å². The lowest BCUT2D eigenvalue weighted by molar-refractivity contribution is -0.111. The van der Waals surface area contributed by atoms with E-state index in [4.69, 9.17) is 9.15 Å². The topological polar surface area (TPSA) is 64.4 Å². The maximum atomic E-state index is 12.6. The number of rotatable bonds is 5. The van der Waals surface area contributed by atoms with Gasteiger partial charge < -0.3 is 14.5 Å². The van der Waals surface area contributed by atoms with Crippen LogP contribution in [0.25, 0.3) is 38.4 Å². The first-order valence-electron chi connectivity index (χ1n) is 11.0. The normalized spacial score (nSPS) is 11.7. The Labute approximate surface area is 197 Å². The third-order valence-electron chi connectivity index (χ3n) is 6.01. The van der Waals surface area contributed by atoms with Crippen molar-refractivity contribution in [3.63, 3.8) is 0 Å². The van der Waals surface area contributed by atoms with Crippen LogP contribution < -0.4 is 10.1 Å². The third-order valence-corrected chi connectivity index (χ3v) is 6.01. The molecule has 0 aliphatic heterocycles. The lowest BCUT2D eigenvalue weighted by atomic mass is 9.95. The van der Waals surface area contributed by atoms with Crippen LogP contribution in [0.2, 0.25) is 0 Å². The minimum Gasteiger partial charge on any atom is -0.496 e. The second-order valence-corrected chi connectivity index (χ2v) is 8.23. The van der Waals surface area contributed by atoms with Gasteiger partial charge in [0.1, 0.15) is 11.3 Å². The van der Waals surface area contributed by atoms with Crippen molar-refractivity contribution in [1.29, 1.82) is 0 Å². The van der Waals surface area contributed by atoms with Gasteiger partial charge >= 0.3 is 0 Å². The highest BCUT2D eigenvalue weighted by Crippen LogP contribution is 2.41. The number of hydrogen-bond donors (Lipinski definition) is 1. The summed E-state index contributed by atoms with van der Waals surface area (Å²) in [4.78, 5) is 16.7. The van der Waals surface area contributed by atoms with Crippen LogP contribution >= 0.6 is 0 Å². The number of aromatic nitrogens is 1. The molecule has 0 atom stereocenters. The van der Waals surface area contributed by atoms with Crippen molar-refractivity contribution < 1.29 is 13.9 Å². The van der Waals surface area contributed by atoms with E-state index >= 15 is 0 Å². The molecular weight excluding hydrogens is 424 g/mol. The summed E-state index contributed by atoms with van der Waals surface area (Å²) in [7, 11) is 1.63. The largest absolute Gasteiger partial charge is 0.496 e. The van der Waals surface area contributed by atoms with Crippen LogP contribution in [0.5, 0.6) is 5.75 Å². The van der Waals surface area contributed by atoms with E-state index < -0.39 is 0 Å². The van der Waals surface area contributed by atoms with Crippen LogP contribution in [0.1, 0.15) is 18.1 Å². The number of amides is 1. The standard InChI is InChI=1S/C29H24N2O3/c1-18(13-27(32)31-23-9-6-12-30-16-23)24-15-25-26(17-34-29(25)19(2)28(24)33-3)22-11-10-20-7-4-5-8-21(20)14-22/h4-17H,1-3H3,(H,31,32)/b18-13+. The summed E-state index contributed by atoms with van der Waals surface area (Å²) < 4.78 is 11.7. The Morgan fingerprint density at radius 1 is 1.06 bits per heavy atom. The van der Waals surface area contributed by atoms with Crippen molar-refractivity contribution in [3.8, 4) is 16.9 Å². The van der Waals surface area contributed by atoms with Gasteiger partial charge in [0.15, 0.2) is 0 Å². The van der Waals surface area contributed by atoms with Gasteiger partial charge in [-0.15, -0.1) is 0 Å². The van der Waals surface area contributed by atoms with Gasteiger partial charge in [0.05, 0.1) is 25.3 Å². The molecule has 0 unspecified atom stereocenters. The summed E-state index contributed by atoms with van der Waals surface area (Å²) in [6.45, 7) is 3.88. The van der Waals surface area contributed by atoms with Crippen LogP contribution in [0.4, 0.5) is 5.69 Å². The zero-order chi connectivity index (χ0) is 23.7. The molecule has 0 saturated heterocycles. The molecule has 2 heterocycles. The van der Waals surface area contributed by atoms with Gasteiger partial charge in [-0.1, -0.05) is 36.4 Å². The van der Waals surface area contributed by atoms with Crippen molar-refractivity contribution in [1.82, 2.24) is 4.98 Å². The lowest BCUT2D eigenvalue weighted by Gasteiger charge is -2.13. The van der Waals surface area contributed by atoms with E-state index in [2.05, 4.69) is 40.6 Å². The number of nitrogens with one attached hydrogen (secondary N) is 1. The van der Waals surface area contributed by atoms with Crippen molar-refractivity contribution >= 4 is 38.9 Å². The van der Waals surface area contributed by atoms with Gasteiger partial charge in [0.25, 0.3) is 0 Å². The molecule has 1 N–H and O–H groups in total. The maximum absolute atomic E-state index is 12.6. The highest BCUT2D eigenvalue weighted by atomic mass is 16.5. The van der Waals surface area contributed by atoms with E-state index in [0.717, 1.165) is 38.8 Å². The van der Waals surface area contributed by atoms with Crippen molar-refractivity contribution in [2.75, 3.05) is 12.4 Å². The molecule has 0 aliphatic rings. The molecule has 5 rings (SSSR count). The van der Waals surface area contributed by atoms with E-state index in [9.17, 15) is 4.79 Å². The fourth-order valence-electron chi connectivity index (χ4n) is 4.34. The van der Waals surface area contributed by atoms with Gasteiger partial charge in [0.2, 0.25) is 5.91 Å². The van der Waals surface area contributed by atoms with Gasteiger partial charge in [-0.3, -0.25) is 9.78 Å². The second-order valence-electron chi connectivity index (χ2n) is 8.23. The zero-order valence-corrected chi connectivity index (χ0v) is 19.3. The summed E-state index contributed by atoms with van der Waals surface area (Å²) >= 11 is 0. The highest BCUT2D eigenvalue weighted by molar-refractivity contribution is 6.06. The number of pyridine rings is 1. The summed E-state index contributed by atoms with van der Waals surface area (Å²) in [5, 5.41) is 6.18. The first-order valence-corrected chi connectivity index (χ1v) is 11.0. The highest BCUT2D eigenvalue weighted by Gasteiger charge is 2.19. The molecule has 0 saturated carbocycles. The lowest BCUT2D eigenvalue weighted by Crippen LogP contribution is -2.08. The number of furan rings is 1. The first kappa shape index (κ1) is 21.5. The van der Waals surface area contributed by atoms with E-state index in [1.165, 1.54) is 10.8 Å². The number of carbonyl (C=O) groups excluding carboxylic acids is 1. The van der Waals surface area contributed by atoms with E-state index in [1.54, 1.807) is 44.0 Å². The Morgan fingerprint density at radius 2 is 1.88 bits per heavy atom. The Bertz CT molecular complexity index is 1550. The number of methoxy groups -OCH3 is 1. The molecule has 0 bridgehead atoms. The summed E-state index contributed by atoms with van der Waals surface area (Å²) in [5.74, 6) is 0.460. The summed E-state index contributed by atoms with van der Waals surface area (Å²) in [5.41, 5.74) is 6.01. The molecule has 0 spiro atoms. The number of carbonyl (C=O) groups is 1. The molecule has 5 nitrogen and oxygen atoms in total. The van der Waals surface area contributed by atoms with Gasteiger partial charge in [-0.25, -0.2) is 0 Å². The SMILES string of the molecule is COc1c(/C(C)=C/C(=O)Nc2cccnc2)cc2c(-c3ccc4ccccc4c3)coc2c1C. The molecule has 0 fully saturated rings.